The van der Waals surface area contributed by atoms with Crippen molar-refractivity contribution in [3.63, 3.8) is 0 Å². The third kappa shape index (κ3) is 2.96. The molecule has 5 nitrogen and oxygen atoms in total. The molecule has 0 aliphatic carbocycles. The summed E-state index contributed by atoms with van der Waals surface area (Å²) < 4.78 is 7.21. The summed E-state index contributed by atoms with van der Waals surface area (Å²) in [5, 5.41) is 0.692. The second-order valence-corrected chi connectivity index (χ2v) is 6.06. The summed E-state index contributed by atoms with van der Waals surface area (Å²) in [7, 11) is 0. The van der Waals surface area contributed by atoms with E-state index in [1.807, 2.05) is 18.2 Å². The van der Waals surface area contributed by atoms with E-state index in [2.05, 4.69) is 11.9 Å². The lowest BCUT2D eigenvalue weighted by atomic mass is 10.3. The first-order chi connectivity index (χ1) is 10.7. The fourth-order valence-electron chi connectivity index (χ4n) is 2.17. The molecule has 0 spiro atoms. The summed E-state index contributed by atoms with van der Waals surface area (Å²) in [6.45, 7) is 2.94. The summed E-state index contributed by atoms with van der Waals surface area (Å²) in [6.07, 6.45) is 2.51. The predicted molar refractivity (Wildman–Crippen MR) is 89.6 cm³/mol. The third-order valence-electron chi connectivity index (χ3n) is 3.40. The van der Waals surface area contributed by atoms with Gasteiger partial charge in [0.15, 0.2) is 0 Å². The summed E-state index contributed by atoms with van der Waals surface area (Å²) >= 11 is 1.57. The van der Waals surface area contributed by atoms with Gasteiger partial charge in [0, 0.05) is 10.6 Å². The van der Waals surface area contributed by atoms with E-state index < -0.39 is 0 Å². The number of rotatable bonds is 5. The Morgan fingerprint density at radius 2 is 2.09 bits per heavy atom. The Bertz CT molecular complexity index is 837. The summed E-state index contributed by atoms with van der Waals surface area (Å²) in [5.74, 6) is 0.736. The number of anilines is 1. The lowest BCUT2D eigenvalue weighted by molar-refractivity contribution is 0.296. The topological polar surface area (TPSA) is 70.1 Å². The molecule has 6 heteroatoms. The number of benzene rings is 1. The van der Waals surface area contributed by atoms with Gasteiger partial charge in [-0.2, -0.15) is 0 Å². The van der Waals surface area contributed by atoms with Crippen LogP contribution in [-0.2, 0) is 13.0 Å². The van der Waals surface area contributed by atoms with Crippen LogP contribution in [0.4, 0.5) is 5.69 Å². The molecule has 2 N–H and O–H groups in total. The number of fused-ring (bicyclic) bond motifs is 1. The molecule has 22 heavy (non-hydrogen) atoms. The van der Waals surface area contributed by atoms with Crippen molar-refractivity contribution in [3.8, 4) is 5.75 Å². The van der Waals surface area contributed by atoms with E-state index in [9.17, 15) is 4.79 Å². The molecule has 1 aromatic carbocycles. The van der Waals surface area contributed by atoms with Crippen LogP contribution in [0, 0.1) is 0 Å². The van der Waals surface area contributed by atoms with Crippen molar-refractivity contribution in [1.29, 1.82) is 0 Å². The number of aromatic nitrogens is 2. The van der Waals surface area contributed by atoms with Gasteiger partial charge in [-0.15, -0.1) is 11.3 Å². The highest BCUT2D eigenvalue weighted by Gasteiger charge is 2.08. The molecule has 3 aromatic rings. The van der Waals surface area contributed by atoms with Crippen molar-refractivity contribution in [1.82, 2.24) is 9.55 Å². The summed E-state index contributed by atoms with van der Waals surface area (Å²) in [4.78, 5) is 18.7. The molecule has 0 aliphatic heterocycles. The van der Waals surface area contributed by atoms with Crippen LogP contribution in [0.25, 0.3) is 10.2 Å². The van der Waals surface area contributed by atoms with Gasteiger partial charge in [-0.25, -0.2) is 4.98 Å². The van der Waals surface area contributed by atoms with Gasteiger partial charge < -0.3 is 10.5 Å². The number of nitrogens with zero attached hydrogens (tertiary/aromatic N) is 2. The highest BCUT2D eigenvalue weighted by Crippen LogP contribution is 2.21. The normalized spacial score (nSPS) is 11.0. The second kappa shape index (κ2) is 6.19. The highest BCUT2D eigenvalue weighted by molar-refractivity contribution is 7.18. The average Bonchev–Trinajstić information content (AvgIpc) is 2.96. The average molecular weight is 315 g/mol. The number of ether oxygens (including phenoxy) is 1. The number of hydrogen-bond donors (Lipinski definition) is 1. The number of thiophene rings is 1. The number of hydrogen-bond acceptors (Lipinski definition) is 5. The zero-order valence-corrected chi connectivity index (χ0v) is 13.1. The maximum atomic E-state index is 12.4. The lowest BCUT2D eigenvalue weighted by Gasteiger charge is -2.08. The van der Waals surface area contributed by atoms with Gasteiger partial charge in [-0.3, -0.25) is 9.36 Å². The Hall–Kier alpha value is -2.34. The molecule has 114 valence electrons. The minimum atomic E-state index is -0.0122. The van der Waals surface area contributed by atoms with E-state index in [-0.39, 0.29) is 5.56 Å². The van der Waals surface area contributed by atoms with Crippen LogP contribution < -0.4 is 16.0 Å². The van der Waals surface area contributed by atoms with Crippen molar-refractivity contribution >= 4 is 27.2 Å². The molecular formula is C16H17N3O2S. The van der Waals surface area contributed by atoms with Crippen LogP contribution in [0.5, 0.6) is 5.75 Å². The first-order valence-electron chi connectivity index (χ1n) is 7.13. The molecule has 0 unspecified atom stereocenters. The Labute approximate surface area is 132 Å². The largest absolute Gasteiger partial charge is 0.492 e. The van der Waals surface area contributed by atoms with Crippen molar-refractivity contribution in [2.75, 3.05) is 12.3 Å². The van der Waals surface area contributed by atoms with Crippen LogP contribution in [0.2, 0.25) is 0 Å². The molecule has 0 radical (unpaired) electrons. The number of aryl methyl sites for hydroxylation is 1. The van der Waals surface area contributed by atoms with E-state index in [1.165, 1.54) is 4.88 Å². The molecule has 0 saturated heterocycles. The molecule has 0 aliphatic rings. The maximum absolute atomic E-state index is 12.4. The minimum Gasteiger partial charge on any atom is -0.492 e. The fourth-order valence-corrected chi connectivity index (χ4v) is 3.09. The van der Waals surface area contributed by atoms with Gasteiger partial charge in [0.25, 0.3) is 5.56 Å². The van der Waals surface area contributed by atoms with Gasteiger partial charge >= 0.3 is 0 Å². The van der Waals surface area contributed by atoms with Crippen molar-refractivity contribution in [3.05, 3.63) is 51.9 Å². The zero-order valence-electron chi connectivity index (χ0n) is 12.3. The number of nitrogen functional groups attached to an aromatic ring is 1. The number of nitrogens with two attached hydrogens (primary N) is 1. The molecule has 3 rings (SSSR count). The van der Waals surface area contributed by atoms with Gasteiger partial charge in [0.2, 0.25) is 0 Å². The summed E-state index contributed by atoms with van der Waals surface area (Å²) in [6, 6.07) is 9.13. The van der Waals surface area contributed by atoms with Crippen LogP contribution >= 0.6 is 11.3 Å². The summed E-state index contributed by atoms with van der Waals surface area (Å²) in [5.41, 5.74) is 6.31. The van der Waals surface area contributed by atoms with E-state index in [0.717, 1.165) is 17.0 Å². The van der Waals surface area contributed by atoms with Crippen molar-refractivity contribution in [2.24, 2.45) is 0 Å². The smallest absolute Gasteiger partial charge is 0.262 e. The molecule has 0 saturated carbocycles. The molecule has 2 aromatic heterocycles. The van der Waals surface area contributed by atoms with Gasteiger partial charge in [-0.05, 0) is 36.8 Å². The molecule has 0 amide bonds. The monoisotopic (exact) mass is 315 g/mol. The fraction of sp³-hybridized carbons (Fsp3) is 0.250. The first-order valence-corrected chi connectivity index (χ1v) is 7.95. The van der Waals surface area contributed by atoms with Crippen LogP contribution in [0.15, 0.2) is 41.5 Å². The molecule has 0 fully saturated rings. The van der Waals surface area contributed by atoms with Crippen LogP contribution in [0.3, 0.4) is 0 Å². The van der Waals surface area contributed by atoms with Crippen LogP contribution in [0.1, 0.15) is 11.8 Å². The van der Waals surface area contributed by atoms with E-state index in [4.69, 9.17) is 10.5 Å². The Balaban J connectivity index is 1.72. The van der Waals surface area contributed by atoms with E-state index in [1.54, 1.807) is 34.4 Å². The van der Waals surface area contributed by atoms with Crippen molar-refractivity contribution in [2.45, 2.75) is 19.9 Å². The lowest BCUT2D eigenvalue weighted by Crippen LogP contribution is -2.23. The van der Waals surface area contributed by atoms with Gasteiger partial charge in [0.05, 0.1) is 18.3 Å². The Morgan fingerprint density at radius 1 is 1.32 bits per heavy atom. The van der Waals surface area contributed by atoms with Crippen LogP contribution in [-0.4, -0.2) is 16.2 Å². The SMILES string of the molecule is CCc1cc2c(=O)n(CCOc3ccc(N)cc3)cnc2s1. The minimum absolute atomic E-state index is 0.0122. The second-order valence-electron chi connectivity index (χ2n) is 4.95. The maximum Gasteiger partial charge on any atom is 0.262 e. The van der Waals surface area contributed by atoms with E-state index >= 15 is 0 Å². The van der Waals surface area contributed by atoms with Gasteiger partial charge in [-0.1, -0.05) is 6.92 Å². The molecule has 2 heterocycles. The predicted octanol–water partition coefficient (Wildman–Crippen LogP) is 2.68. The van der Waals surface area contributed by atoms with E-state index in [0.29, 0.717) is 24.2 Å². The standard InChI is InChI=1S/C16H17N3O2S/c1-2-13-9-14-15(22-13)18-10-19(16(14)20)7-8-21-12-5-3-11(17)4-6-12/h3-6,9-10H,2,7-8,17H2,1H3. The zero-order chi connectivity index (χ0) is 15.5. The van der Waals surface area contributed by atoms with Crippen molar-refractivity contribution < 1.29 is 4.74 Å². The highest BCUT2D eigenvalue weighted by atomic mass is 32.1. The van der Waals surface area contributed by atoms with Gasteiger partial charge in [0.1, 0.15) is 17.2 Å². The molecular weight excluding hydrogens is 298 g/mol. The Morgan fingerprint density at radius 3 is 2.82 bits per heavy atom. The first kappa shape index (κ1) is 14.6. The molecule has 0 bridgehead atoms. The Kier molecular flexibility index (Phi) is 4.11. The molecule has 0 atom stereocenters. The third-order valence-corrected chi connectivity index (χ3v) is 4.59. The quantitative estimate of drug-likeness (QED) is 0.735.